The topological polar surface area (TPSA) is 21.3 Å². The Balaban J connectivity index is 1.92. The minimum Gasteiger partial charge on any atom is -0.378 e. The van der Waals surface area contributed by atoms with E-state index in [1.165, 1.54) is 24.8 Å². The van der Waals surface area contributed by atoms with Gasteiger partial charge in [0, 0.05) is 11.6 Å². The summed E-state index contributed by atoms with van der Waals surface area (Å²) < 4.78 is 5.80. The van der Waals surface area contributed by atoms with E-state index in [2.05, 4.69) is 24.4 Å². The first-order chi connectivity index (χ1) is 9.79. The molecule has 20 heavy (non-hydrogen) atoms. The van der Waals surface area contributed by atoms with Gasteiger partial charge in [0.05, 0.1) is 6.10 Å². The first-order valence-electron chi connectivity index (χ1n) is 7.85. The highest BCUT2D eigenvalue weighted by atomic mass is 35.5. The fourth-order valence-corrected chi connectivity index (χ4v) is 3.11. The van der Waals surface area contributed by atoms with E-state index < -0.39 is 0 Å². The summed E-state index contributed by atoms with van der Waals surface area (Å²) in [6, 6.07) is 8.20. The zero-order valence-corrected chi connectivity index (χ0v) is 13.2. The fourth-order valence-electron chi connectivity index (χ4n) is 2.90. The molecule has 112 valence electrons. The van der Waals surface area contributed by atoms with Crippen LogP contribution in [0.15, 0.2) is 24.3 Å². The van der Waals surface area contributed by atoms with Crippen molar-refractivity contribution in [1.29, 1.82) is 0 Å². The molecule has 1 heterocycles. The molecule has 0 spiro atoms. The Morgan fingerprint density at radius 1 is 1.40 bits per heavy atom. The highest BCUT2D eigenvalue weighted by molar-refractivity contribution is 6.31. The van der Waals surface area contributed by atoms with Crippen molar-refractivity contribution in [1.82, 2.24) is 5.32 Å². The number of hydrogen-bond acceptors (Lipinski definition) is 2. The lowest BCUT2D eigenvalue weighted by Crippen LogP contribution is -2.28. The standard InChI is InChI=1S/C17H26ClNO/c1-2-9-19-13-14(12-16-7-5-10-20-16)11-15-6-3-4-8-17(15)18/h3-4,6,8,14,16,19H,2,5,7,9-13H2,1H3. The summed E-state index contributed by atoms with van der Waals surface area (Å²) in [7, 11) is 0. The molecule has 2 atom stereocenters. The first kappa shape index (κ1) is 15.8. The summed E-state index contributed by atoms with van der Waals surface area (Å²) in [5.41, 5.74) is 1.26. The smallest absolute Gasteiger partial charge is 0.0579 e. The molecule has 0 aromatic heterocycles. The van der Waals surface area contributed by atoms with Crippen molar-refractivity contribution in [3.05, 3.63) is 34.9 Å². The number of nitrogens with one attached hydrogen (secondary N) is 1. The molecule has 1 aliphatic rings. The van der Waals surface area contributed by atoms with E-state index in [0.29, 0.717) is 12.0 Å². The molecule has 1 aromatic rings. The van der Waals surface area contributed by atoms with Crippen LogP contribution in [0.2, 0.25) is 5.02 Å². The summed E-state index contributed by atoms with van der Waals surface area (Å²) in [6.07, 6.45) is 6.24. The second-order valence-electron chi connectivity index (χ2n) is 5.74. The van der Waals surface area contributed by atoms with Gasteiger partial charge in [0.25, 0.3) is 0 Å². The van der Waals surface area contributed by atoms with Gasteiger partial charge in [-0.15, -0.1) is 0 Å². The number of hydrogen-bond donors (Lipinski definition) is 1. The third kappa shape index (κ3) is 5.08. The molecule has 0 amide bonds. The van der Waals surface area contributed by atoms with Crippen molar-refractivity contribution in [3.8, 4) is 0 Å². The van der Waals surface area contributed by atoms with E-state index in [1.54, 1.807) is 0 Å². The van der Waals surface area contributed by atoms with Crippen LogP contribution in [0.5, 0.6) is 0 Å². The highest BCUT2D eigenvalue weighted by Gasteiger charge is 2.21. The third-order valence-electron chi connectivity index (χ3n) is 3.95. The summed E-state index contributed by atoms with van der Waals surface area (Å²) in [4.78, 5) is 0. The SMILES string of the molecule is CCCNCC(Cc1ccccc1Cl)CC1CCCO1. The minimum atomic E-state index is 0.450. The van der Waals surface area contributed by atoms with Crippen molar-refractivity contribution in [2.75, 3.05) is 19.7 Å². The summed E-state index contributed by atoms with van der Waals surface area (Å²) in [5.74, 6) is 0.601. The van der Waals surface area contributed by atoms with Crippen LogP contribution in [0.25, 0.3) is 0 Å². The van der Waals surface area contributed by atoms with Crippen molar-refractivity contribution >= 4 is 11.6 Å². The van der Waals surface area contributed by atoms with E-state index in [9.17, 15) is 0 Å². The molecule has 0 aliphatic carbocycles. The van der Waals surface area contributed by atoms with Crippen molar-refractivity contribution in [3.63, 3.8) is 0 Å². The van der Waals surface area contributed by atoms with Crippen LogP contribution in [0, 0.1) is 5.92 Å². The van der Waals surface area contributed by atoms with Crippen LogP contribution >= 0.6 is 11.6 Å². The second-order valence-corrected chi connectivity index (χ2v) is 6.14. The third-order valence-corrected chi connectivity index (χ3v) is 4.32. The number of ether oxygens (including phenoxy) is 1. The van der Waals surface area contributed by atoms with E-state index in [-0.39, 0.29) is 0 Å². The monoisotopic (exact) mass is 295 g/mol. The van der Waals surface area contributed by atoms with Gasteiger partial charge in [-0.2, -0.15) is 0 Å². The predicted molar refractivity (Wildman–Crippen MR) is 85.4 cm³/mol. The Labute approximate surface area is 127 Å². The number of halogens is 1. The van der Waals surface area contributed by atoms with Gasteiger partial charge in [-0.3, -0.25) is 0 Å². The van der Waals surface area contributed by atoms with Crippen LogP contribution in [0.4, 0.5) is 0 Å². The normalized spacial score (nSPS) is 20.2. The molecule has 0 saturated carbocycles. The van der Waals surface area contributed by atoms with Gasteiger partial charge in [0.1, 0.15) is 0 Å². The lowest BCUT2D eigenvalue weighted by Gasteiger charge is -2.21. The van der Waals surface area contributed by atoms with Gasteiger partial charge in [0.15, 0.2) is 0 Å². The van der Waals surface area contributed by atoms with Crippen molar-refractivity contribution in [2.24, 2.45) is 5.92 Å². The molecule has 2 unspecified atom stereocenters. The fraction of sp³-hybridized carbons (Fsp3) is 0.647. The summed E-state index contributed by atoms with van der Waals surface area (Å²) in [6.45, 7) is 5.28. The molecule has 1 N–H and O–H groups in total. The van der Waals surface area contributed by atoms with Crippen molar-refractivity contribution in [2.45, 2.75) is 45.1 Å². The van der Waals surface area contributed by atoms with E-state index in [1.807, 2.05) is 12.1 Å². The lowest BCUT2D eigenvalue weighted by atomic mass is 9.92. The number of rotatable bonds is 8. The summed E-state index contributed by atoms with van der Waals surface area (Å²) >= 11 is 6.29. The molecule has 3 heteroatoms. The van der Waals surface area contributed by atoms with Crippen LogP contribution in [0.3, 0.4) is 0 Å². The Hall–Kier alpha value is -0.570. The van der Waals surface area contributed by atoms with Crippen LogP contribution < -0.4 is 5.32 Å². The molecule has 2 nitrogen and oxygen atoms in total. The van der Waals surface area contributed by atoms with E-state index >= 15 is 0 Å². The highest BCUT2D eigenvalue weighted by Crippen LogP contribution is 2.25. The van der Waals surface area contributed by atoms with Crippen molar-refractivity contribution < 1.29 is 4.74 Å². The van der Waals surface area contributed by atoms with Gasteiger partial charge >= 0.3 is 0 Å². The Morgan fingerprint density at radius 2 is 2.25 bits per heavy atom. The minimum absolute atomic E-state index is 0.450. The maximum Gasteiger partial charge on any atom is 0.0579 e. The molecule has 1 aliphatic heterocycles. The molecular formula is C17H26ClNO. The maximum absolute atomic E-state index is 6.29. The first-order valence-corrected chi connectivity index (χ1v) is 8.23. The Morgan fingerprint density at radius 3 is 2.95 bits per heavy atom. The van der Waals surface area contributed by atoms with Crippen LogP contribution in [-0.2, 0) is 11.2 Å². The zero-order chi connectivity index (χ0) is 14.2. The second kappa shape index (κ2) is 8.66. The Bertz CT molecular complexity index is 390. The van der Waals surface area contributed by atoms with Gasteiger partial charge in [-0.25, -0.2) is 0 Å². The van der Waals surface area contributed by atoms with Crippen LogP contribution in [-0.4, -0.2) is 25.8 Å². The largest absolute Gasteiger partial charge is 0.378 e. The average Bonchev–Trinajstić information content (AvgIpc) is 2.94. The predicted octanol–water partition coefficient (Wildman–Crippen LogP) is 4.07. The van der Waals surface area contributed by atoms with E-state index in [0.717, 1.165) is 37.6 Å². The zero-order valence-electron chi connectivity index (χ0n) is 12.4. The molecular weight excluding hydrogens is 270 g/mol. The molecule has 0 radical (unpaired) electrons. The van der Waals surface area contributed by atoms with Crippen LogP contribution in [0.1, 0.15) is 38.2 Å². The molecule has 2 rings (SSSR count). The van der Waals surface area contributed by atoms with Gasteiger partial charge in [-0.1, -0.05) is 36.7 Å². The molecule has 1 aromatic carbocycles. The number of benzene rings is 1. The molecule has 1 fully saturated rings. The quantitative estimate of drug-likeness (QED) is 0.730. The lowest BCUT2D eigenvalue weighted by molar-refractivity contribution is 0.0893. The maximum atomic E-state index is 6.29. The molecule has 1 saturated heterocycles. The summed E-state index contributed by atoms with van der Waals surface area (Å²) in [5, 5.41) is 4.44. The Kier molecular flexibility index (Phi) is 6.85. The van der Waals surface area contributed by atoms with Gasteiger partial charge in [-0.05, 0) is 62.7 Å². The van der Waals surface area contributed by atoms with Gasteiger partial charge in [0.2, 0.25) is 0 Å². The van der Waals surface area contributed by atoms with Gasteiger partial charge < -0.3 is 10.1 Å². The average molecular weight is 296 g/mol. The van der Waals surface area contributed by atoms with E-state index in [4.69, 9.17) is 16.3 Å². The molecule has 0 bridgehead atoms.